The molecule has 1 atom stereocenters. The topological polar surface area (TPSA) is 83.8 Å². The molecule has 4 N–H and O–H groups in total. The Hall–Kier alpha value is -3.44. The minimum absolute atomic E-state index is 0.0518. The largest absolute Gasteiger partial charge is 0.346 e. The molecule has 0 radical (unpaired) electrons. The summed E-state index contributed by atoms with van der Waals surface area (Å²) in [4.78, 5) is 21.4. The summed E-state index contributed by atoms with van der Waals surface area (Å²) in [6, 6.07) is 24.8. The molecular formula is C29H32N4O. The Morgan fingerprint density at radius 2 is 1.71 bits per heavy atom. The maximum absolute atomic E-state index is 13.2. The van der Waals surface area contributed by atoms with Crippen molar-refractivity contribution in [2.75, 3.05) is 6.54 Å². The van der Waals surface area contributed by atoms with E-state index in [0.29, 0.717) is 12.3 Å². The maximum atomic E-state index is 13.2. The van der Waals surface area contributed by atoms with E-state index in [1.165, 1.54) is 16.3 Å². The van der Waals surface area contributed by atoms with Gasteiger partial charge in [-0.3, -0.25) is 4.79 Å². The van der Waals surface area contributed by atoms with Gasteiger partial charge in [0.05, 0.1) is 17.9 Å². The lowest BCUT2D eigenvalue weighted by atomic mass is 9.81. The molecule has 5 rings (SSSR count). The number of carbonyl (C=O) groups excluding carboxylic acids is 1. The molecule has 1 amide bonds. The molecule has 0 saturated heterocycles. The Kier molecular flexibility index (Phi) is 6.72. The number of aromatic amines is 1. The number of nitrogens with one attached hydrogen (secondary N) is 2. The van der Waals surface area contributed by atoms with Crippen molar-refractivity contribution < 1.29 is 4.79 Å². The molecule has 174 valence electrons. The molecule has 3 aromatic carbocycles. The van der Waals surface area contributed by atoms with Crippen LogP contribution in [0.15, 0.2) is 79.0 Å². The minimum atomic E-state index is -0.212. The number of aromatic nitrogens is 2. The molecular weight excluding hydrogens is 420 g/mol. The van der Waals surface area contributed by atoms with Gasteiger partial charge in [-0.05, 0) is 67.0 Å². The first kappa shape index (κ1) is 22.4. The van der Waals surface area contributed by atoms with Crippen LogP contribution < -0.4 is 11.1 Å². The van der Waals surface area contributed by atoms with E-state index in [1.54, 1.807) is 0 Å². The molecule has 0 aliphatic heterocycles. The van der Waals surface area contributed by atoms with Gasteiger partial charge in [0.15, 0.2) is 0 Å². The highest BCUT2D eigenvalue weighted by Crippen LogP contribution is 2.30. The van der Waals surface area contributed by atoms with Crippen LogP contribution in [-0.4, -0.2) is 22.4 Å². The molecule has 1 aromatic heterocycles. The SMILES string of the molecule is NCC1CCC(C(=O)N[C@@H](Cc2ccccc2)c2ncc(-c3ccc4ccccc4c3)[nH]2)CC1. The second-order valence-electron chi connectivity index (χ2n) is 9.45. The first-order chi connectivity index (χ1) is 16.7. The van der Waals surface area contributed by atoms with Gasteiger partial charge < -0.3 is 16.0 Å². The minimum Gasteiger partial charge on any atom is -0.346 e. The summed E-state index contributed by atoms with van der Waals surface area (Å²) in [7, 11) is 0. The first-order valence-electron chi connectivity index (χ1n) is 12.3. The average molecular weight is 453 g/mol. The van der Waals surface area contributed by atoms with Crippen LogP contribution in [0.25, 0.3) is 22.0 Å². The number of imidazole rings is 1. The molecule has 1 aliphatic rings. The number of carbonyl (C=O) groups is 1. The number of benzene rings is 3. The van der Waals surface area contributed by atoms with Crippen LogP contribution in [0.4, 0.5) is 0 Å². The maximum Gasteiger partial charge on any atom is 0.223 e. The van der Waals surface area contributed by atoms with Gasteiger partial charge in [-0.25, -0.2) is 4.98 Å². The number of nitrogens with zero attached hydrogens (tertiary/aromatic N) is 1. The van der Waals surface area contributed by atoms with Gasteiger partial charge in [-0.15, -0.1) is 0 Å². The van der Waals surface area contributed by atoms with E-state index in [4.69, 9.17) is 10.7 Å². The Bertz CT molecular complexity index is 1240. The highest BCUT2D eigenvalue weighted by Gasteiger charge is 2.28. The number of amides is 1. The van der Waals surface area contributed by atoms with Crippen molar-refractivity contribution in [2.24, 2.45) is 17.6 Å². The third-order valence-corrected chi connectivity index (χ3v) is 7.14. The van der Waals surface area contributed by atoms with Crippen molar-refractivity contribution in [1.82, 2.24) is 15.3 Å². The highest BCUT2D eigenvalue weighted by molar-refractivity contribution is 5.86. The van der Waals surface area contributed by atoms with Crippen molar-refractivity contribution in [1.29, 1.82) is 0 Å². The van der Waals surface area contributed by atoms with Crippen LogP contribution in [0.3, 0.4) is 0 Å². The van der Waals surface area contributed by atoms with E-state index in [9.17, 15) is 4.79 Å². The van der Waals surface area contributed by atoms with E-state index in [2.05, 4.69) is 64.9 Å². The Balaban J connectivity index is 1.37. The van der Waals surface area contributed by atoms with Crippen LogP contribution >= 0.6 is 0 Å². The van der Waals surface area contributed by atoms with Crippen molar-refractivity contribution in [3.63, 3.8) is 0 Å². The molecule has 0 bridgehead atoms. The summed E-state index contributed by atoms with van der Waals surface area (Å²) in [6.07, 6.45) is 6.44. The van der Waals surface area contributed by atoms with E-state index in [-0.39, 0.29) is 17.9 Å². The number of H-pyrrole nitrogens is 1. The summed E-state index contributed by atoms with van der Waals surface area (Å²) in [5, 5.41) is 5.72. The van der Waals surface area contributed by atoms with E-state index < -0.39 is 0 Å². The van der Waals surface area contributed by atoms with E-state index in [0.717, 1.165) is 49.3 Å². The van der Waals surface area contributed by atoms with E-state index in [1.807, 2.05) is 24.4 Å². The third-order valence-electron chi connectivity index (χ3n) is 7.14. The Morgan fingerprint density at radius 3 is 2.47 bits per heavy atom. The molecule has 34 heavy (non-hydrogen) atoms. The number of hydrogen-bond acceptors (Lipinski definition) is 3. The van der Waals surface area contributed by atoms with Crippen LogP contribution in [0, 0.1) is 11.8 Å². The van der Waals surface area contributed by atoms with Crippen molar-refractivity contribution in [2.45, 2.75) is 38.1 Å². The monoisotopic (exact) mass is 452 g/mol. The van der Waals surface area contributed by atoms with Crippen LogP contribution in [0.5, 0.6) is 0 Å². The molecule has 1 heterocycles. The summed E-state index contributed by atoms with van der Waals surface area (Å²) in [5.41, 5.74) is 9.05. The number of hydrogen-bond donors (Lipinski definition) is 3. The zero-order valence-electron chi connectivity index (χ0n) is 19.4. The second kappa shape index (κ2) is 10.2. The second-order valence-corrected chi connectivity index (χ2v) is 9.45. The zero-order valence-corrected chi connectivity index (χ0v) is 19.4. The standard InChI is InChI=1S/C29H32N4O/c30-18-21-10-12-23(13-11-21)29(34)33-26(16-20-6-2-1-3-7-20)28-31-19-27(32-28)25-15-14-22-8-4-5-9-24(22)17-25/h1-9,14-15,17,19,21,23,26H,10-13,16,18,30H2,(H,31,32)(H,33,34)/t21?,23?,26-/m0/s1. The lowest BCUT2D eigenvalue weighted by Gasteiger charge is -2.28. The molecule has 1 fully saturated rings. The fourth-order valence-corrected chi connectivity index (χ4v) is 5.03. The van der Waals surface area contributed by atoms with Gasteiger partial charge in [0.2, 0.25) is 5.91 Å². The van der Waals surface area contributed by atoms with Crippen molar-refractivity contribution >= 4 is 16.7 Å². The van der Waals surface area contributed by atoms with Crippen LogP contribution in [0.1, 0.15) is 43.1 Å². The number of rotatable bonds is 7. The molecule has 4 aromatic rings. The van der Waals surface area contributed by atoms with Gasteiger partial charge in [0.25, 0.3) is 0 Å². The van der Waals surface area contributed by atoms with Crippen molar-refractivity contribution in [3.8, 4) is 11.3 Å². The van der Waals surface area contributed by atoms with Gasteiger partial charge in [0.1, 0.15) is 5.82 Å². The normalized spacial score (nSPS) is 19.1. The highest BCUT2D eigenvalue weighted by atomic mass is 16.1. The molecule has 1 aliphatic carbocycles. The summed E-state index contributed by atoms with van der Waals surface area (Å²) in [5.74, 6) is 1.52. The van der Waals surface area contributed by atoms with Crippen molar-refractivity contribution in [3.05, 3.63) is 90.4 Å². The fraction of sp³-hybridized carbons (Fsp3) is 0.310. The summed E-state index contributed by atoms with van der Waals surface area (Å²) >= 11 is 0. The van der Waals surface area contributed by atoms with Crippen LogP contribution in [0.2, 0.25) is 0 Å². The third kappa shape index (κ3) is 5.05. The van der Waals surface area contributed by atoms with Gasteiger partial charge in [0, 0.05) is 11.5 Å². The lowest BCUT2D eigenvalue weighted by molar-refractivity contribution is -0.127. The average Bonchev–Trinajstić information content (AvgIpc) is 3.39. The van der Waals surface area contributed by atoms with Gasteiger partial charge in [-0.1, -0.05) is 66.7 Å². The Labute approximate surface area is 200 Å². The van der Waals surface area contributed by atoms with Gasteiger partial charge >= 0.3 is 0 Å². The predicted octanol–water partition coefficient (Wildman–Crippen LogP) is 5.40. The molecule has 5 heteroatoms. The number of fused-ring (bicyclic) bond motifs is 1. The molecule has 0 unspecified atom stereocenters. The van der Waals surface area contributed by atoms with E-state index >= 15 is 0 Å². The fourth-order valence-electron chi connectivity index (χ4n) is 5.03. The summed E-state index contributed by atoms with van der Waals surface area (Å²) < 4.78 is 0. The first-order valence-corrected chi connectivity index (χ1v) is 12.3. The molecule has 5 nitrogen and oxygen atoms in total. The number of nitrogens with two attached hydrogens (primary N) is 1. The zero-order chi connectivity index (χ0) is 23.3. The lowest BCUT2D eigenvalue weighted by Crippen LogP contribution is -2.37. The smallest absolute Gasteiger partial charge is 0.223 e. The quantitative estimate of drug-likeness (QED) is 0.351. The van der Waals surface area contributed by atoms with Crippen LogP contribution in [-0.2, 0) is 11.2 Å². The Morgan fingerprint density at radius 1 is 0.971 bits per heavy atom. The van der Waals surface area contributed by atoms with Gasteiger partial charge in [-0.2, -0.15) is 0 Å². The predicted molar refractivity (Wildman–Crippen MR) is 137 cm³/mol. The molecule has 1 saturated carbocycles. The molecule has 0 spiro atoms. The summed E-state index contributed by atoms with van der Waals surface area (Å²) in [6.45, 7) is 0.717.